The lowest BCUT2D eigenvalue weighted by Crippen LogP contribution is -2.44. The highest BCUT2D eigenvalue weighted by Gasteiger charge is 2.21. The Balaban J connectivity index is 1.72. The van der Waals surface area contributed by atoms with Gasteiger partial charge >= 0.3 is 0 Å². The first-order chi connectivity index (χ1) is 11.6. The highest BCUT2D eigenvalue weighted by Crippen LogP contribution is 2.25. The number of aromatic nitrogens is 2. The van der Waals surface area contributed by atoms with E-state index in [9.17, 15) is 0 Å². The van der Waals surface area contributed by atoms with E-state index in [1.807, 2.05) is 25.1 Å². The predicted octanol–water partition coefficient (Wildman–Crippen LogP) is 3.16. The molecule has 1 fully saturated rings. The second kappa shape index (κ2) is 7.34. The minimum Gasteiger partial charge on any atom is -0.497 e. The van der Waals surface area contributed by atoms with Gasteiger partial charge in [0.25, 0.3) is 0 Å². The summed E-state index contributed by atoms with van der Waals surface area (Å²) in [6.07, 6.45) is 2.30. The monoisotopic (exact) mass is 328 g/mol. The number of piperidine rings is 1. The van der Waals surface area contributed by atoms with Crippen molar-refractivity contribution in [1.82, 2.24) is 15.3 Å². The summed E-state index contributed by atoms with van der Waals surface area (Å²) in [5, 5.41) is 4.73. The van der Waals surface area contributed by atoms with Crippen LogP contribution >= 0.6 is 0 Å². The fourth-order valence-electron chi connectivity index (χ4n) is 3.20. The third kappa shape index (κ3) is 3.78. The molecule has 0 radical (unpaired) electrons. The van der Waals surface area contributed by atoms with E-state index in [1.165, 1.54) is 0 Å². The van der Waals surface area contributed by atoms with Gasteiger partial charge in [-0.2, -0.15) is 0 Å². The third-order valence-electron chi connectivity index (χ3n) is 4.67. The molecule has 1 aromatic carbocycles. The Morgan fingerprint density at radius 3 is 2.67 bits per heavy atom. The maximum atomic E-state index is 5.30. The second-order valence-corrected chi connectivity index (χ2v) is 7.06. The zero-order valence-corrected chi connectivity index (χ0v) is 15.2. The molecule has 0 bridgehead atoms. The zero-order chi connectivity index (χ0) is 17.1. The molecule has 1 aliphatic rings. The van der Waals surface area contributed by atoms with Gasteiger partial charge in [-0.15, -0.1) is 0 Å². The summed E-state index contributed by atoms with van der Waals surface area (Å²) in [5.74, 6) is 2.40. The number of rotatable bonds is 5. The van der Waals surface area contributed by atoms with E-state index in [-0.39, 0.29) is 0 Å². The highest BCUT2D eigenvalue weighted by molar-refractivity contribution is 5.83. The molecule has 24 heavy (non-hydrogen) atoms. The van der Waals surface area contributed by atoms with Crippen LogP contribution in [0.15, 0.2) is 18.2 Å². The lowest BCUT2D eigenvalue weighted by atomic mass is 10.0. The number of nitrogens with one attached hydrogen (secondary N) is 1. The number of ether oxygens (including phenoxy) is 1. The van der Waals surface area contributed by atoms with Crippen molar-refractivity contribution < 1.29 is 4.74 Å². The third-order valence-corrected chi connectivity index (χ3v) is 4.67. The molecule has 5 nitrogen and oxygen atoms in total. The molecular weight excluding hydrogens is 300 g/mol. The molecular formula is C19H28N4O. The lowest BCUT2D eigenvalue weighted by Gasteiger charge is -2.33. The zero-order valence-electron chi connectivity index (χ0n) is 15.2. The number of hydrogen-bond acceptors (Lipinski definition) is 5. The normalized spacial score (nSPS) is 16.1. The molecule has 0 saturated carbocycles. The van der Waals surface area contributed by atoms with E-state index in [2.05, 4.69) is 24.1 Å². The van der Waals surface area contributed by atoms with Gasteiger partial charge in [-0.3, -0.25) is 0 Å². The fourth-order valence-corrected chi connectivity index (χ4v) is 3.20. The van der Waals surface area contributed by atoms with Crippen molar-refractivity contribution in [3.63, 3.8) is 0 Å². The molecule has 130 valence electrons. The molecule has 0 atom stereocenters. The van der Waals surface area contributed by atoms with Gasteiger partial charge in [0.1, 0.15) is 5.75 Å². The van der Waals surface area contributed by atoms with Gasteiger partial charge in [0.05, 0.1) is 18.3 Å². The largest absolute Gasteiger partial charge is 0.497 e. The van der Waals surface area contributed by atoms with Gasteiger partial charge in [-0.25, -0.2) is 9.97 Å². The predicted molar refractivity (Wildman–Crippen MR) is 98.9 cm³/mol. The van der Waals surface area contributed by atoms with E-state index in [0.717, 1.165) is 60.8 Å². The van der Waals surface area contributed by atoms with E-state index in [4.69, 9.17) is 14.7 Å². The van der Waals surface area contributed by atoms with Crippen LogP contribution in [0, 0.1) is 12.8 Å². The van der Waals surface area contributed by atoms with Crippen LogP contribution in [0.5, 0.6) is 5.75 Å². The second-order valence-electron chi connectivity index (χ2n) is 7.06. The van der Waals surface area contributed by atoms with Gasteiger partial charge < -0.3 is 15.0 Å². The standard InChI is InChI=1S/C19H28N4O/c1-13(2)12-20-15-7-9-23(10-8-15)19-21-14(3)17-11-16(24-4)5-6-18(17)22-19/h5-6,11,13,15,20H,7-10,12H2,1-4H3. The minimum atomic E-state index is 0.620. The minimum absolute atomic E-state index is 0.620. The van der Waals surface area contributed by atoms with Crippen molar-refractivity contribution >= 4 is 16.9 Å². The van der Waals surface area contributed by atoms with E-state index in [0.29, 0.717) is 12.0 Å². The van der Waals surface area contributed by atoms with Crippen molar-refractivity contribution in [3.05, 3.63) is 23.9 Å². The molecule has 0 aliphatic carbocycles. The van der Waals surface area contributed by atoms with Crippen molar-refractivity contribution in [1.29, 1.82) is 0 Å². The van der Waals surface area contributed by atoms with Crippen LogP contribution < -0.4 is 15.0 Å². The van der Waals surface area contributed by atoms with Crippen LogP contribution in [0.3, 0.4) is 0 Å². The number of methoxy groups -OCH3 is 1. The topological polar surface area (TPSA) is 50.3 Å². The number of fused-ring (bicyclic) bond motifs is 1. The maximum Gasteiger partial charge on any atom is 0.226 e. The summed E-state index contributed by atoms with van der Waals surface area (Å²) in [4.78, 5) is 11.8. The van der Waals surface area contributed by atoms with Gasteiger partial charge in [-0.1, -0.05) is 13.8 Å². The molecule has 2 heterocycles. The molecule has 2 aromatic rings. The van der Waals surface area contributed by atoms with Crippen LogP contribution in [-0.4, -0.2) is 42.8 Å². The van der Waals surface area contributed by atoms with Crippen molar-refractivity contribution in [2.45, 2.75) is 39.7 Å². The molecule has 0 unspecified atom stereocenters. The molecule has 0 spiro atoms. The summed E-state index contributed by atoms with van der Waals surface area (Å²) < 4.78 is 5.30. The summed E-state index contributed by atoms with van der Waals surface area (Å²) in [6.45, 7) is 9.67. The summed E-state index contributed by atoms with van der Waals surface area (Å²) in [5.41, 5.74) is 1.99. The lowest BCUT2D eigenvalue weighted by molar-refractivity contribution is 0.390. The SMILES string of the molecule is COc1ccc2nc(N3CCC(NCC(C)C)CC3)nc(C)c2c1. The maximum absolute atomic E-state index is 5.30. The molecule has 1 aromatic heterocycles. The first-order valence-corrected chi connectivity index (χ1v) is 8.87. The number of aryl methyl sites for hydroxylation is 1. The molecule has 1 aliphatic heterocycles. The Kier molecular flexibility index (Phi) is 5.19. The molecule has 3 rings (SSSR count). The van der Waals surface area contributed by atoms with E-state index < -0.39 is 0 Å². The number of hydrogen-bond donors (Lipinski definition) is 1. The molecule has 1 N–H and O–H groups in total. The number of benzene rings is 1. The van der Waals surface area contributed by atoms with Gasteiger partial charge in [0.2, 0.25) is 5.95 Å². The first-order valence-electron chi connectivity index (χ1n) is 8.87. The quantitative estimate of drug-likeness (QED) is 0.914. The Morgan fingerprint density at radius 2 is 2.00 bits per heavy atom. The fraction of sp³-hybridized carbons (Fsp3) is 0.579. The number of anilines is 1. The van der Waals surface area contributed by atoms with Gasteiger partial charge in [-0.05, 0) is 50.4 Å². The van der Waals surface area contributed by atoms with Crippen molar-refractivity contribution in [2.75, 3.05) is 31.6 Å². The van der Waals surface area contributed by atoms with E-state index in [1.54, 1.807) is 7.11 Å². The average molecular weight is 328 g/mol. The Hall–Kier alpha value is -1.88. The van der Waals surface area contributed by atoms with Crippen LogP contribution in [0.4, 0.5) is 5.95 Å². The Bertz CT molecular complexity index is 693. The highest BCUT2D eigenvalue weighted by atomic mass is 16.5. The molecule has 5 heteroatoms. The Labute approximate surface area is 144 Å². The summed E-state index contributed by atoms with van der Waals surface area (Å²) >= 11 is 0. The molecule has 1 saturated heterocycles. The summed E-state index contributed by atoms with van der Waals surface area (Å²) in [7, 11) is 1.68. The van der Waals surface area contributed by atoms with Crippen LogP contribution in [-0.2, 0) is 0 Å². The first kappa shape index (κ1) is 17.0. The van der Waals surface area contributed by atoms with Crippen molar-refractivity contribution in [2.24, 2.45) is 5.92 Å². The number of nitrogens with zero attached hydrogens (tertiary/aromatic N) is 3. The average Bonchev–Trinajstić information content (AvgIpc) is 2.60. The van der Waals surface area contributed by atoms with Gasteiger partial charge in [0, 0.05) is 24.5 Å². The smallest absolute Gasteiger partial charge is 0.226 e. The van der Waals surface area contributed by atoms with Crippen LogP contribution in [0.2, 0.25) is 0 Å². The van der Waals surface area contributed by atoms with Crippen LogP contribution in [0.25, 0.3) is 10.9 Å². The van der Waals surface area contributed by atoms with Crippen molar-refractivity contribution in [3.8, 4) is 5.75 Å². The molecule has 0 amide bonds. The van der Waals surface area contributed by atoms with E-state index >= 15 is 0 Å². The Morgan fingerprint density at radius 1 is 1.25 bits per heavy atom. The summed E-state index contributed by atoms with van der Waals surface area (Å²) in [6, 6.07) is 6.61. The van der Waals surface area contributed by atoms with Gasteiger partial charge in [0.15, 0.2) is 0 Å². The van der Waals surface area contributed by atoms with Crippen LogP contribution in [0.1, 0.15) is 32.4 Å².